The highest BCUT2D eigenvalue weighted by Gasteiger charge is 2.17. The van der Waals surface area contributed by atoms with E-state index in [1.54, 1.807) is 18.2 Å². The number of amides is 1. The molecular formula is C11H16N2O4S. The molecule has 1 amide bonds. The van der Waals surface area contributed by atoms with E-state index in [-0.39, 0.29) is 12.3 Å². The highest BCUT2D eigenvalue weighted by atomic mass is 32.2. The summed E-state index contributed by atoms with van der Waals surface area (Å²) in [5, 5.41) is 11.4. The Bertz CT molecular complexity index is 526. The second kappa shape index (κ2) is 5.83. The molecule has 0 fully saturated rings. The molecule has 1 aromatic rings. The summed E-state index contributed by atoms with van der Waals surface area (Å²) < 4.78 is 22.6. The summed E-state index contributed by atoms with van der Waals surface area (Å²) in [6, 6.07) is 6.36. The number of aliphatic hydroxyl groups excluding tert-OH is 1. The van der Waals surface area contributed by atoms with Crippen LogP contribution in [0.2, 0.25) is 0 Å². The lowest BCUT2D eigenvalue weighted by atomic mass is 10.2. The van der Waals surface area contributed by atoms with Gasteiger partial charge < -0.3 is 16.2 Å². The number of rotatable bonds is 5. The van der Waals surface area contributed by atoms with Crippen LogP contribution >= 0.6 is 0 Å². The maximum Gasteiger partial charge on any atom is 0.251 e. The Morgan fingerprint density at radius 3 is 2.72 bits per heavy atom. The number of benzene rings is 1. The topological polar surface area (TPSA) is 109 Å². The fourth-order valence-electron chi connectivity index (χ4n) is 1.26. The first kappa shape index (κ1) is 14.5. The normalized spacial score (nSPS) is 13.0. The third kappa shape index (κ3) is 4.01. The average molecular weight is 272 g/mol. The first-order valence-electron chi connectivity index (χ1n) is 5.36. The highest BCUT2D eigenvalue weighted by molar-refractivity contribution is 7.91. The van der Waals surface area contributed by atoms with E-state index in [1.165, 1.54) is 13.0 Å². The van der Waals surface area contributed by atoms with Crippen LogP contribution in [0.4, 0.5) is 5.69 Å². The predicted octanol–water partition coefficient (Wildman–Crippen LogP) is -0.248. The molecule has 7 heteroatoms. The van der Waals surface area contributed by atoms with Gasteiger partial charge in [-0.3, -0.25) is 4.79 Å². The van der Waals surface area contributed by atoms with Crippen LogP contribution in [0.5, 0.6) is 0 Å². The van der Waals surface area contributed by atoms with Gasteiger partial charge in [0.15, 0.2) is 15.3 Å². The summed E-state index contributed by atoms with van der Waals surface area (Å²) in [6.07, 6.45) is 0. The van der Waals surface area contributed by atoms with E-state index < -0.39 is 21.2 Å². The Hall–Kier alpha value is -1.60. The van der Waals surface area contributed by atoms with E-state index in [1.807, 2.05) is 0 Å². The minimum Gasteiger partial charge on any atom is -0.399 e. The van der Waals surface area contributed by atoms with Crippen molar-refractivity contribution in [2.24, 2.45) is 0 Å². The summed E-state index contributed by atoms with van der Waals surface area (Å²) >= 11 is 0. The molecular weight excluding hydrogens is 256 g/mol. The van der Waals surface area contributed by atoms with Crippen LogP contribution in [0.1, 0.15) is 17.3 Å². The van der Waals surface area contributed by atoms with Crippen molar-refractivity contribution >= 4 is 21.4 Å². The minimum absolute atomic E-state index is 0.0547. The van der Waals surface area contributed by atoms with Gasteiger partial charge in [-0.2, -0.15) is 0 Å². The Kier molecular flexibility index (Phi) is 4.69. The van der Waals surface area contributed by atoms with Crippen LogP contribution in [0, 0.1) is 0 Å². The molecule has 0 aliphatic heterocycles. The molecule has 1 rings (SSSR count). The van der Waals surface area contributed by atoms with Crippen LogP contribution in [0.15, 0.2) is 24.3 Å². The molecule has 6 nitrogen and oxygen atoms in total. The van der Waals surface area contributed by atoms with Crippen LogP contribution in [-0.4, -0.2) is 37.2 Å². The van der Waals surface area contributed by atoms with Gasteiger partial charge in [0.25, 0.3) is 5.91 Å². The highest BCUT2D eigenvalue weighted by Crippen LogP contribution is 2.06. The summed E-state index contributed by atoms with van der Waals surface area (Å²) in [5.74, 6) is -0.707. The van der Waals surface area contributed by atoms with Crippen molar-refractivity contribution in [2.75, 3.05) is 18.0 Å². The summed E-state index contributed by atoms with van der Waals surface area (Å²) in [6.45, 7) is 1.12. The van der Waals surface area contributed by atoms with Crippen LogP contribution < -0.4 is 11.1 Å². The zero-order chi connectivity index (χ0) is 13.8. The van der Waals surface area contributed by atoms with Gasteiger partial charge in [0.2, 0.25) is 0 Å². The standard InChI is InChI=1S/C11H16N2O4S/c1-8(14)18(16,17)6-5-13-11(15)9-3-2-4-10(12)7-9/h2-4,7-8,14H,5-6,12H2,1H3,(H,13,15). The van der Waals surface area contributed by atoms with E-state index in [4.69, 9.17) is 10.8 Å². The number of nitrogens with one attached hydrogen (secondary N) is 1. The summed E-state index contributed by atoms with van der Waals surface area (Å²) in [7, 11) is -3.57. The molecule has 0 aliphatic carbocycles. The van der Waals surface area contributed by atoms with E-state index in [2.05, 4.69) is 5.32 Å². The average Bonchev–Trinajstić information content (AvgIpc) is 2.28. The number of carbonyl (C=O) groups excluding carboxylic acids is 1. The van der Waals surface area contributed by atoms with E-state index >= 15 is 0 Å². The smallest absolute Gasteiger partial charge is 0.251 e. The quantitative estimate of drug-likeness (QED) is 0.640. The van der Waals surface area contributed by atoms with Gasteiger partial charge in [-0.05, 0) is 25.1 Å². The summed E-state index contributed by atoms with van der Waals surface area (Å²) in [4.78, 5) is 11.6. The van der Waals surface area contributed by atoms with Gasteiger partial charge in [-0.1, -0.05) is 6.07 Å². The molecule has 0 saturated carbocycles. The molecule has 1 unspecified atom stereocenters. The number of hydrogen-bond donors (Lipinski definition) is 3. The van der Waals surface area contributed by atoms with Gasteiger partial charge in [-0.15, -0.1) is 0 Å². The predicted molar refractivity (Wildman–Crippen MR) is 68.7 cm³/mol. The number of nitrogens with two attached hydrogens (primary N) is 1. The second-order valence-electron chi connectivity index (χ2n) is 3.85. The summed E-state index contributed by atoms with van der Waals surface area (Å²) in [5.41, 5.74) is 4.92. The number of anilines is 1. The zero-order valence-electron chi connectivity index (χ0n) is 9.96. The van der Waals surface area contributed by atoms with Gasteiger partial charge in [-0.25, -0.2) is 8.42 Å². The molecule has 18 heavy (non-hydrogen) atoms. The van der Waals surface area contributed by atoms with E-state index in [9.17, 15) is 13.2 Å². The van der Waals surface area contributed by atoms with Gasteiger partial charge in [0.1, 0.15) is 0 Å². The van der Waals surface area contributed by atoms with Crippen molar-refractivity contribution in [3.05, 3.63) is 29.8 Å². The van der Waals surface area contributed by atoms with Crippen molar-refractivity contribution in [1.82, 2.24) is 5.32 Å². The first-order valence-corrected chi connectivity index (χ1v) is 7.08. The second-order valence-corrected chi connectivity index (χ2v) is 6.26. The van der Waals surface area contributed by atoms with Crippen molar-refractivity contribution < 1.29 is 18.3 Å². The molecule has 0 aromatic heterocycles. The fourth-order valence-corrected chi connectivity index (χ4v) is 1.99. The van der Waals surface area contributed by atoms with Gasteiger partial charge in [0, 0.05) is 17.8 Å². The SMILES string of the molecule is CC(O)S(=O)(=O)CCNC(=O)c1cccc(N)c1. The fraction of sp³-hybridized carbons (Fsp3) is 0.364. The van der Waals surface area contributed by atoms with Crippen LogP contribution in [0.3, 0.4) is 0 Å². The molecule has 0 saturated heterocycles. The van der Waals surface area contributed by atoms with Gasteiger partial charge >= 0.3 is 0 Å². The number of carbonyl (C=O) groups is 1. The Labute approximate surface area is 106 Å². The Balaban J connectivity index is 2.53. The van der Waals surface area contributed by atoms with Crippen LogP contribution in [-0.2, 0) is 9.84 Å². The molecule has 0 heterocycles. The molecule has 1 atom stereocenters. The number of hydrogen-bond acceptors (Lipinski definition) is 5. The number of sulfone groups is 1. The zero-order valence-corrected chi connectivity index (χ0v) is 10.8. The van der Waals surface area contributed by atoms with E-state index in [0.717, 1.165) is 0 Å². The number of aliphatic hydroxyl groups is 1. The maximum absolute atomic E-state index is 11.6. The molecule has 100 valence electrons. The van der Waals surface area contributed by atoms with E-state index in [0.29, 0.717) is 11.3 Å². The lowest BCUT2D eigenvalue weighted by Gasteiger charge is -2.08. The van der Waals surface area contributed by atoms with Crippen molar-refractivity contribution in [1.29, 1.82) is 0 Å². The molecule has 0 radical (unpaired) electrons. The Morgan fingerprint density at radius 1 is 1.50 bits per heavy atom. The van der Waals surface area contributed by atoms with Crippen molar-refractivity contribution in [2.45, 2.75) is 12.4 Å². The third-order valence-electron chi connectivity index (χ3n) is 2.34. The monoisotopic (exact) mass is 272 g/mol. The third-order valence-corrected chi connectivity index (χ3v) is 4.15. The lowest BCUT2D eigenvalue weighted by Crippen LogP contribution is -2.32. The molecule has 0 aliphatic rings. The molecule has 1 aromatic carbocycles. The van der Waals surface area contributed by atoms with Crippen molar-refractivity contribution in [3.8, 4) is 0 Å². The van der Waals surface area contributed by atoms with Crippen molar-refractivity contribution in [3.63, 3.8) is 0 Å². The first-order chi connectivity index (χ1) is 8.33. The minimum atomic E-state index is -3.57. The van der Waals surface area contributed by atoms with Gasteiger partial charge in [0.05, 0.1) is 5.75 Å². The molecule has 0 bridgehead atoms. The van der Waals surface area contributed by atoms with Crippen LogP contribution in [0.25, 0.3) is 0 Å². The Morgan fingerprint density at radius 2 is 2.17 bits per heavy atom. The maximum atomic E-state index is 11.6. The lowest BCUT2D eigenvalue weighted by molar-refractivity contribution is 0.0956. The number of nitrogen functional groups attached to an aromatic ring is 1. The molecule has 0 spiro atoms. The largest absolute Gasteiger partial charge is 0.399 e. The molecule has 4 N–H and O–H groups in total.